The molecule has 1 aromatic carbocycles. The number of rotatable bonds is 4. The number of aromatic nitrogens is 2. The SMILES string of the molecule is CCOC(=O)c1sc(NC(=O)c2sc3nc4ccc(C)cc4cc3c2N)nc1C. The molecule has 1 amide bonds. The van der Waals surface area contributed by atoms with Gasteiger partial charge in [-0.05, 0) is 39.0 Å². The average molecular weight is 427 g/mol. The first-order valence-corrected chi connectivity index (χ1v) is 10.6. The van der Waals surface area contributed by atoms with E-state index >= 15 is 0 Å². The number of pyridine rings is 1. The molecule has 3 aromatic heterocycles. The smallest absolute Gasteiger partial charge is 0.350 e. The lowest BCUT2D eigenvalue weighted by atomic mass is 10.1. The van der Waals surface area contributed by atoms with Crippen molar-refractivity contribution in [3.05, 3.63) is 45.3 Å². The topological polar surface area (TPSA) is 107 Å². The van der Waals surface area contributed by atoms with Gasteiger partial charge in [0.15, 0.2) is 5.13 Å². The Morgan fingerprint density at radius 3 is 2.69 bits per heavy atom. The molecule has 0 aliphatic rings. The van der Waals surface area contributed by atoms with E-state index in [1.807, 2.05) is 31.2 Å². The number of fused-ring (bicyclic) bond motifs is 2. The van der Waals surface area contributed by atoms with Crippen molar-refractivity contribution in [1.29, 1.82) is 0 Å². The van der Waals surface area contributed by atoms with Crippen LogP contribution >= 0.6 is 22.7 Å². The lowest BCUT2D eigenvalue weighted by Crippen LogP contribution is -2.11. The van der Waals surface area contributed by atoms with E-state index in [1.54, 1.807) is 13.8 Å². The van der Waals surface area contributed by atoms with Gasteiger partial charge in [0.05, 0.1) is 23.5 Å². The van der Waals surface area contributed by atoms with E-state index in [0.717, 1.165) is 33.2 Å². The van der Waals surface area contributed by atoms with E-state index in [2.05, 4.69) is 15.3 Å². The first-order valence-electron chi connectivity index (χ1n) is 8.92. The number of thiazole rings is 1. The lowest BCUT2D eigenvalue weighted by molar-refractivity contribution is 0.0531. The van der Waals surface area contributed by atoms with Gasteiger partial charge in [-0.1, -0.05) is 23.0 Å². The fourth-order valence-electron chi connectivity index (χ4n) is 2.98. The minimum absolute atomic E-state index is 0.275. The fourth-order valence-corrected chi connectivity index (χ4v) is 4.82. The summed E-state index contributed by atoms with van der Waals surface area (Å²) in [6.45, 7) is 5.72. The third kappa shape index (κ3) is 3.54. The molecule has 0 unspecified atom stereocenters. The Hall–Kier alpha value is -3.04. The number of anilines is 2. The van der Waals surface area contributed by atoms with Crippen molar-refractivity contribution in [1.82, 2.24) is 9.97 Å². The number of amides is 1. The van der Waals surface area contributed by atoms with E-state index in [9.17, 15) is 9.59 Å². The zero-order chi connectivity index (χ0) is 20.7. The number of aryl methyl sites for hydroxylation is 2. The number of nitrogens with one attached hydrogen (secondary N) is 1. The van der Waals surface area contributed by atoms with Crippen LogP contribution in [0.25, 0.3) is 21.1 Å². The van der Waals surface area contributed by atoms with E-state index in [4.69, 9.17) is 10.5 Å². The summed E-state index contributed by atoms with van der Waals surface area (Å²) in [5.74, 6) is -0.828. The van der Waals surface area contributed by atoms with Crippen molar-refractivity contribution in [2.24, 2.45) is 0 Å². The maximum Gasteiger partial charge on any atom is 0.350 e. The molecule has 0 saturated heterocycles. The summed E-state index contributed by atoms with van der Waals surface area (Å²) >= 11 is 2.31. The Balaban J connectivity index is 1.67. The number of hydrogen-bond donors (Lipinski definition) is 2. The van der Waals surface area contributed by atoms with Crippen LogP contribution in [0.15, 0.2) is 24.3 Å². The number of carbonyl (C=O) groups excluding carboxylic acids is 2. The van der Waals surface area contributed by atoms with Gasteiger partial charge in [-0.2, -0.15) is 0 Å². The van der Waals surface area contributed by atoms with Crippen LogP contribution in [-0.2, 0) is 4.74 Å². The number of nitrogens with two attached hydrogens (primary N) is 1. The van der Waals surface area contributed by atoms with Gasteiger partial charge in [0.2, 0.25) is 0 Å². The molecular formula is C20H18N4O3S2. The third-order valence-corrected chi connectivity index (χ3v) is 6.52. The molecule has 0 aliphatic heterocycles. The van der Waals surface area contributed by atoms with E-state index < -0.39 is 5.97 Å². The van der Waals surface area contributed by atoms with Gasteiger partial charge in [0, 0.05) is 10.8 Å². The highest BCUT2D eigenvalue weighted by Crippen LogP contribution is 2.35. The first-order chi connectivity index (χ1) is 13.9. The highest BCUT2D eigenvalue weighted by atomic mass is 32.1. The molecule has 0 bridgehead atoms. The van der Waals surface area contributed by atoms with Gasteiger partial charge >= 0.3 is 5.97 Å². The lowest BCUT2D eigenvalue weighted by Gasteiger charge is -2.01. The standard InChI is InChI=1S/C20H18N4O3S2/c1-4-27-19(26)15-10(3)22-20(29-15)24-17(25)16-14(21)12-8-11-7-9(2)5-6-13(11)23-18(12)28-16/h5-8H,4,21H2,1-3H3,(H,22,24,25). The largest absolute Gasteiger partial charge is 0.462 e. The summed E-state index contributed by atoms with van der Waals surface area (Å²) < 4.78 is 5.01. The maximum atomic E-state index is 12.8. The predicted octanol–water partition coefficient (Wildman–Crippen LogP) is 4.53. The summed E-state index contributed by atoms with van der Waals surface area (Å²) in [7, 11) is 0. The Labute approximate surface area is 174 Å². The molecule has 0 aliphatic carbocycles. The zero-order valence-electron chi connectivity index (χ0n) is 16.0. The van der Waals surface area contributed by atoms with Crippen LogP contribution in [-0.4, -0.2) is 28.5 Å². The third-order valence-electron chi connectivity index (χ3n) is 4.35. The molecular weight excluding hydrogens is 408 g/mol. The number of thiophene rings is 1. The van der Waals surface area contributed by atoms with Crippen molar-refractivity contribution >= 4 is 66.5 Å². The van der Waals surface area contributed by atoms with E-state index in [-0.39, 0.29) is 12.5 Å². The molecule has 9 heteroatoms. The molecule has 0 spiro atoms. The molecule has 148 valence electrons. The molecule has 3 N–H and O–H groups in total. The summed E-state index contributed by atoms with van der Waals surface area (Å²) in [6.07, 6.45) is 0. The number of esters is 1. The number of hydrogen-bond acceptors (Lipinski definition) is 8. The molecule has 3 heterocycles. The second kappa shape index (κ2) is 7.41. The predicted molar refractivity (Wildman–Crippen MR) is 117 cm³/mol. The number of benzene rings is 1. The number of nitrogens with zero attached hydrogens (tertiary/aromatic N) is 2. The average Bonchev–Trinajstić information content (AvgIpc) is 3.20. The highest BCUT2D eigenvalue weighted by Gasteiger charge is 2.21. The summed E-state index contributed by atoms with van der Waals surface area (Å²) in [6, 6.07) is 7.94. The molecule has 0 saturated carbocycles. The molecule has 0 radical (unpaired) electrons. The van der Waals surface area contributed by atoms with Crippen LogP contribution < -0.4 is 11.1 Å². The van der Waals surface area contributed by atoms with Crippen LogP contribution in [0.3, 0.4) is 0 Å². The number of ether oxygens (including phenoxy) is 1. The Bertz CT molecular complexity index is 1280. The van der Waals surface area contributed by atoms with Gasteiger partial charge in [-0.25, -0.2) is 14.8 Å². The number of nitrogen functional groups attached to an aromatic ring is 1. The van der Waals surface area contributed by atoms with Crippen LogP contribution in [0.2, 0.25) is 0 Å². The Morgan fingerprint density at radius 1 is 1.14 bits per heavy atom. The van der Waals surface area contributed by atoms with Gasteiger partial charge in [0.25, 0.3) is 5.91 Å². The maximum absolute atomic E-state index is 12.8. The van der Waals surface area contributed by atoms with Crippen LogP contribution in [0.1, 0.15) is 37.5 Å². The van der Waals surface area contributed by atoms with Crippen molar-refractivity contribution in [3.63, 3.8) is 0 Å². The van der Waals surface area contributed by atoms with Crippen LogP contribution in [0.4, 0.5) is 10.8 Å². The van der Waals surface area contributed by atoms with Crippen LogP contribution in [0, 0.1) is 13.8 Å². The minimum Gasteiger partial charge on any atom is -0.462 e. The monoisotopic (exact) mass is 426 g/mol. The molecule has 7 nitrogen and oxygen atoms in total. The molecule has 0 atom stereocenters. The molecule has 29 heavy (non-hydrogen) atoms. The van der Waals surface area contributed by atoms with Gasteiger partial charge < -0.3 is 10.5 Å². The zero-order valence-corrected chi connectivity index (χ0v) is 17.7. The van der Waals surface area contributed by atoms with Gasteiger partial charge in [-0.3, -0.25) is 10.1 Å². The first kappa shape index (κ1) is 19.3. The van der Waals surface area contributed by atoms with Crippen molar-refractivity contribution in [3.8, 4) is 0 Å². The molecule has 4 aromatic rings. The van der Waals surface area contributed by atoms with E-state index in [0.29, 0.717) is 31.1 Å². The second-order valence-electron chi connectivity index (χ2n) is 6.49. The quantitative estimate of drug-likeness (QED) is 0.464. The Kier molecular flexibility index (Phi) is 4.93. The Morgan fingerprint density at radius 2 is 1.93 bits per heavy atom. The second-order valence-corrected chi connectivity index (χ2v) is 8.49. The van der Waals surface area contributed by atoms with Crippen LogP contribution in [0.5, 0.6) is 0 Å². The van der Waals surface area contributed by atoms with Gasteiger partial charge in [-0.15, -0.1) is 11.3 Å². The normalized spacial score (nSPS) is 11.1. The number of carbonyl (C=O) groups is 2. The molecule has 0 fully saturated rings. The van der Waals surface area contributed by atoms with Crippen molar-refractivity contribution < 1.29 is 14.3 Å². The molecule has 4 rings (SSSR count). The van der Waals surface area contributed by atoms with Crippen molar-refractivity contribution in [2.45, 2.75) is 20.8 Å². The minimum atomic E-state index is -0.449. The summed E-state index contributed by atoms with van der Waals surface area (Å²) in [5, 5.41) is 4.78. The summed E-state index contributed by atoms with van der Waals surface area (Å²) in [5.41, 5.74) is 9.14. The fraction of sp³-hybridized carbons (Fsp3) is 0.200. The highest BCUT2D eigenvalue weighted by molar-refractivity contribution is 7.21. The van der Waals surface area contributed by atoms with Gasteiger partial charge in [0.1, 0.15) is 14.6 Å². The van der Waals surface area contributed by atoms with Crippen molar-refractivity contribution in [2.75, 3.05) is 17.7 Å². The summed E-state index contributed by atoms with van der Waals surface area (Å²) in [4.78, 5) is 35.1. The van der Waals surface area contributed by atoms with E-state index in [1.165, 1.54) is 11.3 Å².